The van der Waals surface area contributed by atoms with Crippen LogP contribution in [0.5, 0.6) is 11.5 Å². The summed E-state index contributed by atoms with van der Waals surface area (Å²) >= 11 is 0. The zero-order chi connectivity index (χ0) is 16.1. The molecule has 0 unspecified atom stereocenters. The average molecular weight is 315 g/mol. The lowest BCUT2D eigenvalue weighted by molar-refractivity contribution is 0.193. The van der Waals surface area contributed by atoms with E-state index in [4.69, 9.17) is 14.2 Å². The fourth-order valence-corrected chi connectivity index (χ4v) is 2.74. The van der Waals surface area contributed by atoms with E-state index in [0.717, 1.165) is 48.2 Å². The van der Waals surface area contributed by atoms with E-state index >= 15 is 0 Å². The van der Waals surface area contributed by atoms with Gasteiger partial charge in [0.25, 0.3) is 0 Å². The van der Waals surface area contributed by atoms with Crippen molar-refractivity contribution in [1.82, 2.24) is 9.97 Å². The summed E-state index contributed by atoms with van der Waals surface area (Å²) in [4.78, 5) is 8.65. The summed E-state index contributed by atoms with van der Waals surface area (Å²) in [5.74, 6) is 2.62. The van der Waals surface area contributed by atoms with Crippen LogP contribution in [0.2, 0.25) is 0 Å². The smallest absolute Gasteiger partial charge is 0.165 e. The van der Waals surface area contributed by atoms with Gasteiger partial charge >= 0.3 is 0 Å². The second-order valence-electron chi connectivity index (χ2n) is 5.39. The fraction of sp³-hybridized carbons (Fsp3) is 0.412. The van der Waals surface area contributed by atoms with Crippen molar-refractivity contribution < 1.29 is 14.2 Å². The Bertz CT molecular complexity index is 657. The number of para-hydroxylation sites is 1. The van der Waals surface area contributed by atoms with E-state index in [9.17, 15) is 0 Å². The third-order valence-corrected chi connectivity index (χ3v) is 3.98. The van der Waals surface area contributed by atoms with Crippen LogP contribution < -0.4 is 14.8 Å². The molecule has 1 atom stereocenters. The molecule has 1 N–H and O–H groups in total. The zero-order valence-corrected chi connectivity index (χ0v) is 13.4. The molecule has 6 heteroatoms. The Morgan fingerprint density at radius 3 is 2.91 bits per heavy atom. The number of ether oxygens (including phenoxy) is 3. The van der Waals surface area contributed by atoms with E-state index in [-0.39, 0.29) is 0 Å². The highest BCUT2D eigenvalue weighted by molar-refractivity contribution is 5.48. The average Bonchev–Trinajstić information content (AvgIpc) is 3.14. The predicted octanol–water partition coefficient (Wildman–Crippen LogP) is 2.61. The minimum Gasteiger partial charge on any atom is -0.493 e. The summed E-state index contributed by atoms with van der Waals surface area (Å²) in [6.45, 7) is 2.14. The molecule has 23 heavy (non-hydrogen) atoms. The van der Waals surface area contributed by atoms with Crippen molar-refractivity contribution in [2.75, 3.05) is 32.8 Å². The van der Waals surface area contributed by atoms with Crippen molar-refractivity contribution in [1.29, 1.82) is 0 Å². The van der Waals surface area contributed by atoms with Gasteiger partial charge in [-0.1, -0.05) is 12.1 Å². The quantitative estimate of drug-likeness (QED) is 0.884. The predicted molar refractivity (Wildman–Crippen MR) is 87.1 cm³/mol. The summed E-state index contributed by atoms with van der Waals surface area (Å²) in [5.41, 5.74) is 2.04. The Kier molecular flexibility index (Phi) is 4.92. The van der Waals surface area contributed by atoms with Crippen LogP contribution in [0.15, 0.2) is 30.6 Å². The topological polar surface area (TPSA) is 65.5 Å². The first-order valence-corrected chi connectivity index (χ1v) is 7.65. The maximum atomic E-state index is 5.45. The van der Waals surface area contributed by atoms with Gasteiger partial charge in [0.2, 0.25) is 0 Å². The second-order valence-corrected chi connectivity index (χ2v) is 5.39. The molecular formula is C17H21N3O3. The molecule has 0 spiro atoms. The van der Waals surface area contributed by atoms with Gasteiger partial charge in [0, 0.05) is 30.7 Å². The largest absolute Gasteiger partial charge is 0.493 e. The van der Waals surface area contributed by atoms with Crippen molar-refractivity contribution in [3.8, 4) is 11.5 Å². The number of rotatable bonds is 6. The van der Waals surface area contributed by atoms with E-state index < -0.39 is 0 Å². The number of hydrogen-bond acceptors (Lipinski definition) is 6. The summed E-state index contributed by atoms with van der Waals surface area (Å²) in [7, 11) is 3.28. The number of nitrogens with one attached hydrogen (secondary N) is 1. The standard InChI is InChI=1S/C17H21N3O3/c1-21-15-5-3-4-12(17(15)22-2)9-18-16-8-14(19-11-20-16)13-6-7-23-10-13/h3-5,8,11,13H,6-7,9-10H2,1-2H3,(H,18,19,20)/t13-/m0/s1. The van der Waals surface area contributed by atoms with Gasteiger partial charge in [0.15, 0.2) is 11.5 Å². The van der Waals surface area contributed by atoms with Crippen LogP contribution in [0.3, 0.4) is 0 Å². The van der Waals surface area contributed by atoms with E-state index in [1.165, 1.54) is 0 Å². The molecule has 1 fully saturated rings. The van der Waals surface area contributed by atoms with Crippen LogP contribution in [0.4, 0.5) is 5.82 Å². The van der Waals surface area contributed by atoms with Crippen LogP contribution >= 0.6 is 0 Å². The van der Waals surface area contributed by atoms with E-state index in [0.29, 0.717) is 12.5 Å². The molecule has 122 valence electrons. The lowest BCUT2D eigenvalue weighted by atomic mass is 10.1. The number of anilines is 1. The summed E-state index contributed by atoms with van der Waals surface area (Å²) in [5, 5.41) is 3.32. The molecule has 0 radical (unpaired) electrons. The first-order chi connectivity index (χ1) is 11.3. The number of nitrogens with zero attached hydrogens (tertiary/aromatic N) is 2. The molecule has 1 aromatic heterocycles. The molecule has 0 aliphatic carbocycles. The molecule has 0 amide bonds. The second kappa shape index (κ2) is 7.28. The summed E-state index contributed by atoms with van der Waals surface area (Å²) < 4.78 is 16.2. The molecule has 1 saturated heterocycles. The first kappa shape index (κ1) is 15.6. The molecule has 3 rings (SSSR count). The Labute approximate surface area is 135 Å². The minimum atomic E-state index is 0.366. The van der Waals surface area contributed by atoms with Crippen LogP contribution in [0.25, 0.3) is 0 Å². The van der Waals surface area contributed by atoms with E-state index in [2.05, 4.69) is 15.3 Å². The number of aromatic nitrogens is 2. The number of benzene rings is 1. The maximum absolute atomic E-state index is 5.45. The van der Waals surface area contributed by atoms with Gasteiger partial charge in [-0.05, 0) is 12.5 Å². The highest BCUT2D eigenvalue weighted by Crippen LogP contribution is 2.31. The molecule has 0 saturated carbocycles. The zero-order valence-electron chi connectivity index (χ0n) is 13.4. The Morgan fingerprint density at radius 1 is 1.26 bits per heavy atom. The molecule has 0 bridgehead atoms. The van der Waals surface area contributed by atoms with Crippen LogP contribution in [0, 0.1) is 0 Å². The van der Waals surface area contributed by atoms with Gasteiger partial charge in [-0.2, -0.15) is 0 Å². The van der Waals surface area contributed by atoms with Crippen molar-refractivity contribution in [2.45, 2.75) is 18.9 Å². The lowest BCUT2D eigenvalue weighted by Gasteiger charge is -2.14. The SMILES string of the molecule is COc1cccc(CNc2cc([C@H]3CCOC3)ncn2)c1OC. The molecule has 2 heterocycles. The molecule has 1 aromatic carbocycles. The molecular weight excluding hydrogens is 294 g/mol. The molecule has 6 nitrogen and oxygen atoms in total. The van der Waals surface area contributed by atoms with Gasteiger partial charge in [-0.15, -0.1) is 0 Å². The summed E-state index contributed by atoms with van der Waals surface area (Å²) in [6, 6.07) is 7.82. The lowest BCUT2D eigenvalue weighted by Crippen LogP contribution is -2.07. The van der Waals surface area contributed by atoms with Crippen LogP contribution in [-0.2, 0) is 11.3 Å². The highest BCUT2D eigenvalue weighted by atomic mass is 16.5. The van der Waals surface area contributed by atoms with Gasteiger partial charge in [-0.25, -0.2) is 9.97 Å². The third-order valence-electron chi connectivity index (χ3n) is 3.98. The van der Waals surface area contributed by atoms with Gasteiger partial charge in [-0.3, -0.25) is 0 Å². The third kappa shape index (κ3) is 3.53. The van der Waals surface area contributed by atoms with Crippen molar-refractivity contribution in [3.63, 3.8) is 0 Å². The van der Waals surface area contributed by atoms with Crippen molar-refractivity contribution in [2.24, 2.45) is 0 Å². The Morgan fingerprint density at radius 2 is 2.17 bits per heavy atom. The Hall–Kier alpha value is -2.34. The normalized spacial score (nSPS) is 17.0. The van der Waals surface area contributed by atoms with Crippen molar-refractivity contribution in [3.05, 3.63) is 41.9 Å². The first-order valence-electron chi connectivity index (χ1n) is 7.65. The molecule has 1 aliphatic heterocycles. The Balaban J connectivity index is 1.72. The minimum absolute atomic E-state index is 0.366. The number of methoxy groups -OCH3 is 2. The van der Waals surface area contributed by atoms with E-state index in [1.54, 1.807) is 20.5 Å². The molecule has 2 aromatic rings. The van der Waals surface area contributed by atoms with Gasteiger partial charge < -0.3 is 19.5 Å². The monoisotopic (exact) mass is 315 g/mol. The van der Waals surface area contributed by atoms with Gasteiger partial charge in [0.1, 0.15) is 12.1 Å². The fourth-order valence-electron chi connectivity index (χ4n) is 2.74. The summed E-state index contributed by atoms with van der Waals surface area (Å²) in [6.07, 6.45) is 2.61. The number of hydrogen-bond donors (Lipinski definition) is 1. The van der Waals surface area contributed by atoms with Crippen LogP contribution in [0.1, 0.15) is 23.6 Å². The maximum Gasteiger partial charge on any atom is 0.165 e. The van der Waals surface area contributed by atoms with Gasteiger partial charge in [0.05, 0.1) is 26.5 Å². The van der Waals surface area contributed by atoms with Crippen LogP contribution in [-0.4, -0.2) is 37.4 Å². The van der Waals surface area contributed by atoms with E-state index in [1.807, 2.05) is 24.3 Å². The molecule has 1 aliphatic rings. The highest BCUT2D eigenvalue weighted by Gasteiger charge is 2.19. The van der Waals surface area contributed by atoms with Crippen molar-refractivity contribution >= 4 is 5.82 Å².